The van der Waals surface area contributed by atoms with Crippen LogP contribution in [0.2, 0.25) is 0 Å². The maximum Gasteiger partial charge on any atom is 0.327 e. The zero-order valence-corrected chi connectivity index (χ0v) is 18.2. The molecule has 5 aliphatic rings. The van der Waals surface area contributed by atoms with Crippen molar-refractivity contribution in [3.63, 3.8) is 0 Å². The van der Waals surface area contributed by atoms with Gasteiger partial charge < -0.3 is 15.4 Å². The number of carbonyl (C=O) groups is 4. The fraction of sp³-hybridized carbons (Fsp3) is 0.818. The van der Waals surface area contributed by atoms with E-state index in [-0.39, 0.29) is 11.4 Å². The normalized spacial score (nSPS) is 34.6. The van der Waals surface area contributed by atoms with E-state index in [0.29, 0.717) is 30.6 Å². The van der Waals surface area contributed by atoms with E-state index in [9.17, 15) is 19.2 Å². The van der Waals surface area contributed by atoms with Crippen LogP contribution in [0.5, 0.6) is 0 Å². The molecule has 1 heterocycles. The lowest BCUT2D eigenvalue weighted by atomic mass is 9.53. The Morgan fingerprint density at radius 2 is 1.63 bits per heavy atom. The molecule has 8 heteroatoms. The van der Waals surface area contributed by atoms with Gasteiger partial charge in [-0.15, -0.1) is 0 Å². The Bertz CT molecular complexity index is 725. The molecule has 0 aromatic rings. The number of carbonyl (C=O) groups excluding carboxylic acids is 4. The van der Waals surface area contributed by atoms with Crippen LogP contribution < -0.4 is 10.6 Å². The van der Waals surface area contributed by atoms with E-state index in [1.165, 1.54) is 19.3 Å². The molecular weight excluding hydrogens is 386 g/mol. The maximum atomic E-state index is 12.8. The van der Waals surface area contributed by atoms with Crippen molar-refractivity contribution in [1.29, 1.82) is 0 Å². The Hall–Kier alpha value is -2.12. The first-order chi connectivity index (χ1) is 14.2. The second-order valence-corrected chi connectivity index (χ2v) is 9.93. The minimum atomic E-state index is -0.964. The standard InChI is InChI=1S/C22H33N3O5/c1-4-22(5-2)19(28)25(20(29)24-22)12-17(26)30-13(3)18(27)23-21-9-14-6-15(10-21)8-16(7-14)11-21/h13-16H,4-12H2,1-3H3,(H,23,27)(H,24,29)/t13-,14?,15?,16?,21?/m1/s1. The van der Waals surface area contributed by atoms with Gasteiger partial charge in [0, 0.05) is 5.54 Å². The lowest BCUT2D eigenvalue weighted by Gasteiger charge is -2.57. The lowest BCUT2D eigenvalue weighted by molar-refractivity contribution is -0.158. The first-order valence-corrected chi connectivity index (χ1v) is 11.3. The molecule has 0 aromatic carbocycles. The second kappa shape index (κ2) is 7.54. The van der Waals surface area contributed by atoms with Gasteiger partial charge in [-0.2, -0.15) is 0 Å². The van der Waals surface area contributed by atoms with Gasteiger partial charge in [0.1, 0.15) is 12.1 Å². The van der Waals surface area contributed by atoms with Crippen molar-refractivity contribution in [2.24, 2.45) is 17.8 Å². The molecule has 0 aromatic heterocycles. The summed E-state index contributed by atoms with van der Waals surface area (Å²) in [5, 5.41) is 5.88. The molecule has 4 saturated carbocycles. The highest BCUT2D eigenvalue weighted by Gasteiger charge is 2.52. The van der Waals surface area contributed by atoms with Crippen molar-refractivity contribution in [1.82, 2.24) is 15.5 Å². The molecule has 0 spiro atoms. The second-order valence-electron chi connectivity index (χ2n) is 9.93. The minimum absolute atomic E-state index is 0.154. The van der Waals surface area contributed by atoms with Crippen molar-refractivity contribution in [2.45, 2.75) is 89.3 Å². The third kappa shape index (κ3) is 3.58. The van der Waals surface area contributed by atoms with Crippen LogP contribution in [0.3, 0.4) is 0 Å². The van der Waals surface area contributed by atoms with Crippen LogP contribution in [-0.2, 0) is 19.1 Å². The average molecular weight is 420 g/mol. The van der Waals surface area contributed by atoms with Gasteiger partial charge in [0.15, 0.2) is 6.10 Å². The Morgan fingerprint density at radius 3 is 2.10 bits per heavy atom. The van der Waals surface area contributed by atoms with Gasteiger partial charge in [-0.1, -0.05) is 13.8 Å². The van der Waals surface area contributed by atoms with Gasteiger partial charge in [0.25, 0.3) is 11.8 Å². The molecule has 30 heavy (non-hydrogen) atoms. The van der Waals surface area contributed by atoms with Crippen molar-refractivity contribution in [2.75, 3.05) is 6.54 Å². The molecule has 5 rings (SSSR count). The summed E-state index contributed by atoms with van der Waals surface area (Å²) in [6, 6.07) is -0.591. The molecule has 4 amide bonds. The van der Waals surface area contributed by atoms with Gasteiger partial charge in [0.05, 0.1) is 0 Å². The van der Waals surface area contributed by atoms with Gasteiger partial charge in [-0.3, -0.25) is 19.3 Å². The van der Waals surface area contributed by atoms with Crippen molar-refractivity contribution >= 4 is 23.8 Å². The van der Waals surface area contributed by atoms with Gasteiger partial charge in [-0.25, -0.2) is 4.79 Å². The molecule has 4 bridgehead atoms. The van der Waals surface area contributed by atoms with Crippen molar-refractivity contribution in [3.8, 4) is 0 Å². The third-order valence-electron chi connectivity index (χ3n) is 7.84. The van der Waals surface area contributed by atoms with E-state index >= 15 is 0 Å². The number of hydrogen-bond acceptors (Lipinski definition) is 5. The Labute approximate surface area is 177 Å². The Balaban J connectivity index is 1.32. The summed E-state index contributed by atoms with van der Waals surface area (Å²) in [7, 11) is 0. The first-order valence-electron chi connectivity index (χ1n) is 11.3. The Morgan fingerprint density at radius 1 is 1.10 bits per heavy atom. The van der Waals surface area contributed by atoms with E-state index in [4.69, 9.17) is 4.74 Å². The number of imide groups is 1. The molecule has 0 unspecified atom stereocenters. The highest BCUT2D eigenvalue weighted by Crippen LogP contribution is 2.55. The molecule has 166 valence electrons. The predicted octanol–water partition coefficient (Wildman–Crippen LogP) is 2.11. The molecule has 1 saturated heterocycles. The molecule has 1 aliphatic heterocycles. The van der Waals surface area contributed by atoms with E-state index in [1.807, 2.05) is 13.8 Å². The number of urea groups is 1. The summed E-state index contributed by atoms with van der Waals surface area (Å²) >= 11 is 0. The minimum Gasteiger partial charge on any atom is -0.451 e. The monoisotopic (exact) mass is 419 g/mol. The van der Waals surface area contributed by atoms with Crippen LogP contribution in [0, 0.1) is 17.8 Å². The topological polar surface area (TPSA) is 105 Å². The van der Waals surface area contributed by atoms with Gasteiger partial charge in [0.2, 0.25) is 0 Å². The van der Waals surface area contributed by atoms with Crippen molar-refractivity contribution < 1.29 is 23.9 Å². The molecule has 8 nitrogen and oxygen atoms in total. The number of nitrogens with zero attached hydrogens (tertiary/aromatic N) is 1. The summed E-state index contributed by atoms with van der Waals surface area (Å²) < 4.78 is 5.30. The third-order valence-corrected chi connectivity index (χ3v) is 7.84. The largest absolute Gasteiger partial charge is 0.451 e. The zero-order valence-electron chi connectivity index (χ0n) is 18.2. The van der Waals surface area contributed by atoms with Gasteiger partial charge in [-0.05, 0) is 76.0 Å². The van der Waals surface area contributed by atoms with Crippen LogP contribution in [0.25, 0.3) is 0 Å². The smallest absolute Gasteiger partial charge is 0.327 e. The van der Waals surface area contributed by atoms with E-state index in [2.05, 4.69) is 10.6 Å². The Kier molecular flexibility index (Phi) is 5.31. The number of ether oxygens (including phenoxy) is 1. The highest BCUT2D eigenvalue weighted by atomic mass is 16.5. The summed E-state index contributed by atoms with van der Waals surface area (Å²) in [5.41, 5.74) is -1.11. The zero-order chi connectivity index (χ0) is 21.7. The van der Waals surface area contributed by atoms with Crippen LogP contribution in [0.1, 0.15) is 72.1 Å². The van der Waals surface area contributed by atoms with E-state index in [0.717, 1.165) is 24.2 Å². The molecule has 2 N–H and O–H groups in total. The van der Waals surface area contributed by atoms with Crippen LogP contribution in [-0.4, -0.2) is 52.4 Å². The quantitative estimate of drug-likeness (QED) is 0.486. The number of esters is 1. The van der Waals surface area contributed by atoms with Crippen molar-refractivity contribution in [3.05, 3.63) is 0 Å². The molecule has 5 fully saturated rings. The fourth-order valence-corrected chi connectivity index (χ4v) is 6.59. The van der Waals surface area contributed by atoms with Crippen LogP contribution >= 0.6 is 0 Å². The summed E-state index contributed by atoms with van der Waals surface area (Å²) in [4.78, 5) is 50.9. The van der Waals surface area contributed by atoms with E-state index < -0.39 is 36.1 Å². The van der Waals surface area contributed by atoms with Crippen LogP contribution in [0.4, 0.5) is 4.79 Å². The number of nitrogens with one attached hydrogen (secondary N) is 2. The molecule has 0 radical (unpaired) electrons. The summed E-state index contributed by atoms with van der Waals surface area (Å²) in [5.74, 6) is 0.637. The highest BCUT2D eigenvalue weighted by molar-refractivity contribution is 6.08. The summed E-state index contributed by atoms with van der Waals surface area (Å²) in [6.45, 7) is 4.70. The molecule has 1 atom stereocenters. The fourth-order valence-electron chi connectivity index (χ4n) is 6.59. The average Bonchev–Trinajstić information content (AvgIpc) is 2.91. The van der Waals surface area contributed by atoms with Crippen LogP contribution in [0.15, 0.2) is 0 Å². The van der Waals surface area contributed by atoms with E-state index in [1.54, 1.807) is 6.92 Å². The molecular formula is C22H33N3O5. The predicted molar refractivity (Wildman–Crippen MR) is 108 cm³/mol. The number of amides is 4. The number of hydrogen-bond donors (Lipinski definition) is 2. The SMILES string of the molecule is CCC1(CC)NC(=O)N(CC(=O)O[C@H](C)C(=O)NC23CC4CC(CC(C4)C2)C3)C1=O. The number of rotatable bonds is 7. The van der Waals surface area contributed by atoms with Gasteiger partial charge >= 0.3 is 12.0 Å². The lowest BCUT2D eigenvalue weighted by Crippen LogP contribution is -2.61. The molecule has 4 aliphatic carbocycles. The first kappa shape index (κ1) is 21.1. The summed E-state index contributed by atoms with van der Waals surface area (Å²) in [6.07, 6.45) is 6.83. The maximum absolute atomic E-state index is 12.8.